The number of rotatable bonds is 7. The zero-order valence-electron chi connectivity index (χ0n) is 13.6. The fourth-order valence-corrected chi connectivity index (χ4v) is 4.99. The molecule has 1 aromatic carbocycles. The second-order valence-electron chi connectivity index (χ2n) is 5.69. The lowest BCUT2D eigenvalue weighted by molar-refractivity contribution is 0.0927. The summed E-state index contributed by atoms with van der Waals surface area (Å²) in [6.07, 6.45) is 1.86. The molecule has 3 rings (SSSR count). The van der Waals surface area contributed by atoms with Crippen molar-refractivity contribution >= 4 is 21.4 Å². The third-order valence-electron chi connectivity index (χ3n) is 4.04. The van der Waals surface area contributed by atoms with Crippen molar-refractivity contribution in [1.29, 1.82) is 0 Å². The zero-order chi connectivity index (χ0) is 17.0. The summed E-state index contributed by atoms with van der Waals surface area (Å²) in [7, 11) is -2.03. The highest BCUT2D eigenvalue weighted by Crippen LogP contribution is 2.25. The van der Waals surface area contributed by atoms with Crippen LogP contribution in [-0.2, 0) is 21.3 Å². The molecule has 0 radical (unpaired) electrons. The molecule has 5 nitrogen and oxygen atoms in total. The van der Waals surface area contributed by atoms with Crippen molar-refractivity contribution in [2.45, 2.75) is 30.4 Å². The van der Waals surface area contributed by atoms with E-state index in [4.69, 9.17) is 9.47 Å². The van der Waals surface area contributed by atoms with Crippen LogP contribution < -0.4 is 4.74 Å². The molecule has 1 aliphatic rings. The van der Waals surface area contributed by atoms with Crippen LogP contribution in [0, 0.1) is 0 Å². The van der Waals surface area contributed by atoms with Crippen molar-refractivity contribution in [1.82, 2.24) is 4.31 Å². The summed E-state index contributed by atoms with van der Waals surface area (Å²) in [5, 5.41) is 1.96. The van der Waals surface area contributed by atoms with Gasteiger partial charge in [0.05, 0.1) is 18.1 Å². The average molecular weight is 367 g/mol. The van der Waals surface area contributed by atoms with Crippen LogP contribution in [-0.4, -0.2) is 39.1 Å². The Morgan fingerprint density at radius 1 is 1.29 bits per heavy atom. The molecule has 130 valence electrons. The number of nitrogens with zero attached hydrogens (tertiary/aromatic N) is 1. The third kappa shape index (κ3) is 3.97. The van der Waals surface area contributed by atoms with Crippen LogP contribution in [0.2, 0.25) is 0 Å². The maximum atomic E-state index is 13.1. The van der Waals surface area contributed by atoms with Gasteiger partial charge in [0.2, 0.25) is 10.0 Å². The SMILES string of the molecule is COc1ccc(S(=O)(=O)N(Cc2cccs2)CC2CCCO2)cc1. The monoisotopic (exact) mass is 367 g/mol. The first-order valence-electron chi connectivity index (χ1n) is 7.88. The molecule has 1 atom stereocenters. The Morgan fingerprint density at radius 3 is 2.67 bits per heavy atom. The number of benzene rings is 1. The van der Waals surface area contributed by atoms with E-state index in [1.54, 1.807) is 42.7 Å². The van der Waals surface area contributed by atoms with Crippen molar-refractivity contribution in [3.8, 4) is 5.75 Å². The first-order chi connectivity index (χ1) is 11.6. The van der Waals surface area contributed by atoms with Gasteiger partial charge in [0.25, 0.3) is 0 Å². The number of ether oxygens (including phenoxy) is 2. The molecule has 1 fully saturated rings. The van der Waals surface area contributed by atoms with Gasteiger partial charge in [-0.2, -0.15) is 4.31 Å². The predicted molar refractivity (Wildman–Crippen MR) is 93.9 cm³/mol. The number of hydrogen-bond donors (Lipinski definition) is 0. The number of thiophene rings is 1. The maximum Gasteiger partial charge on any atom is 0.243 e. The number of methoxy groups -OCH3 is 1. The minimum atomic E-state index is -3.59. The summed E-state index contributed by atoms with van der Waals surface area (Å²) < 4.78 is 38.4. The second kappa shape index (κ2) is 7.65. The highest BCUT2D eigenvalue weighted by molar-refractivity contribution is 7.89. The van der Waals surface area contributed by atoms with Crippen LogP contribution in [0.25, 0.3) is 0 Å². The van der Waals surface area contributed by atoms with E-state index in [1.165, 1.54) is 4.31 Å². The molecule has 7 heteroatoms. The average Bonchev–Trinajstić information content (AvgIpc) is 3.28. The van der Waals surface area contributed by atoms with Crippen LogP contribution >= 0.6 is 11.3 Å². The van der Waals surface area contributed by atoms with Crippen LogP contribution in [0.1, 0.15) is 17.7 Å². The Bertz CT molecular complexity index is 735. The molecule has 2 heterocycles. The van der Waals surface area contributed by atoms with E-state index >= 15 is 0 Å². The van der Waals surface area contributed by atoms with Crippen LogP contribution in [0.3, 0.4) is 0 Å². The molecule has 1 aromatic heterocycles. The molecule has 1 aliphatic heterocycles. The smallest absolute Gasteiger partial charge is 0.243 e. The lowest BCUT2D eigenvalue weighted by atomic mass is 10.2. The minimum Gasteiger partial charge on any atom is -0.497 e. The Morgan fingerprint density at radius 2 is 2.08 bits per heavy atom. The van der Waals surface area contributed by atoms with Crippen molar-refractivity contribution in [2.75, 3.05) is 20.3 Å². The van der Waals surface area contributed by atoms with Crippen LogP contribution in [0.5, 0.6) is 5.75 Å². The van der Waals surface area contributed by atoms with Crippen LogP contribution in [0.4, 0.5) is 0 Å². The van der Waals surface area contributed by atoms with Crippen molar-refractivity contribution < 1.29 is 17.9 Å². The molecule has 2 aromatic rings. The Hall–Kier alpha value is -1.41. The molecular formula is C17H21NO4S2. The topological polar surface area (TPSA) is 55.8 Å². The maximum absolute atomic E-state index is 13.1. The Labute approximate surface area is 146 Å². The van der Waals surface area contributed by atoms with E-state index < -0.39 is 10.0 Å². The van der Waals surface area contributed by atoms with E-state index in [9.17, 15) is 8.42 Å². The lowest BCUT2D eigenvalue weighted by Gasteiger charge is -2.24. The summed E-state index contributed by atoms with van der Waals surface area (Å²) in [6.45, 7) is 1.46. The molecule has 0 saturated carbocycles. The molecule has 0 amide bonds. The summed E-state index contributed by atoms with van der Waals surface area (Å²) >= 11 is 1.56. The van der Waals surface area contributed by atoms with Gasteiger partial charge < -0.3 is 9.47 Å². The normalized spacial score (nSPS) is 18.2. The highest BCUT2D eigenvalue weighted by atomic mass is 32.2. The minimum absolute atomic E-state index is 0.0296. The highest BCUT2D eigenvalue weighted by Gasteiger charge is 2.29. The summed E-state index contributed by atoms with van der Waals surface area (Å²) in [4.78, 5) is 1.29. The lowest BCUT2D eigenvalue weighted by Crippen LogP contribution is -2.36. The van der Waals surface area contributed by atoms with E-state index in [0.717, 1.165) is 17.7 Å². The standard InChI is InChI=1S/C17H21NO4S2/c1-21-14-6-8-17(9-7-14)24(19,20)18(12-15-4-2-10-22-15)13-16-5-3-11-23-16/h3,5-9,11,15H,2,4,10,12-13H2,1H3. The molecular weight excluding hydrogens is 346 g/mol. The van der Waals surface area contributed by atoms with Crippen molar-refractivity contribution in [2.24, 2.45) is 0 Å². The largest absolute Gasteiger partial charge is 0.497 e. The zero-order valence-corrected chi connectivity index (χ0v) is 15.2. The molecule has 0 aliphatic carbocycles. The molecule has 1 saturated heterocycles. The Kier molecular flexibility index (Phi) is 5.55. The fraction of sp³-hybridized carbons (Fsp3) is 0.412. The van der Waals surface area contributed by atoms with Gasteiger partial charge in [-0.15, -0.1) is 11.3 Å². The third-order valence-corrected chi connectivity index (χ3v) is 6.73. The van der Waals surface area contributed by atoms with E-state index in [2.05, 4.69) is 0 Å². The summed E-state index contributed by atoms with van der Waals surface area (Å²) in [5.74, 6) is 0.637. The fourth-order valence-electron chi connectivity index (χ4n) is 2.74. The molecule has 0 N–H and O–H groups in total. The van der Waals surface area contributed by atoms with E-state index in [-0.39, 0.29) is 11.0 Å². The van der Waals surface area contributed by atoms with Gasteiger partial charge in [0.15, 0.2) is 0 Å². The van der Waals surface area contributed by atoms with Crippen molar-refractivity contribution in [3.63, 3.8) is 0 Å². The molecule has 0 spiro atoms. The number of sulfonamides is 1. The molecule has 0 bridgehead atoms. The van der Waals surface area contributed by atoms with Gasteiger partial charge >= 0.3 is 0 Å². The van der Waals surface area contributed by atoms with Gasteiger partial charge in [-0.05, 0) is 48.6 Å². The van der Waals surface area contributed by atoms with Gasteiger partial charge in [-0.1, -0.05) is 6.07 Å². The first-order valence-corrected chi connectivity index (χ1v) is 10.2. The first kappa shape index (κ1) is 17.4. The summed E-state index contributed by atoms with van der Waals surface area (Å²) in [5.41, 5.74) is 0. The van der Waals surface area contributed by atoms with Crippen LogP contribution in [0.15, 0.2) is 46.7 Å². The quantitative estimate of drug-likeness (QED) is 0.754. The molecule has 24 heavy (non-hydrogen) atoms. The Balaban J connectivity index is 1.86. The van der Waals surface area contributed by atoms with E-state index in [1.807, 2.05) is 17.5 Å². The number of hydrogen-bond acceptors (Lipinski definition) is 5. The summed E-state index contributed by atoms with van der Waals surface area (Å²) in [6, 6.07) is 10.4. The van der Waals surface area contributed by atoms with Crippen molar-refractivity contribution in [3.05, 3.63) is 46.7 Å². The van der Waals surface area contributed by atoms with Gasteiger partial charge in [0.1, 0.15) is 5.75 Å². The second-order valence-corrected chi connectivity index (χ2v) is 8.66. The van der Waals surface area contributed by atoms with E-state index in [0.29, 0.717) is 25.4 Å². The predicted octanol–water partition coefficient (Wildman–Crippen LogP) is 3.13. The van der Waals surface area contributed by atoms with Gasteiger partial charge in [-0.3, -0.25) is 0 Å². The van der Waals surface area contributed by atoms with Gasteiger partial charge in [0, 0.05) is 24.6 Å². The molecule has 1 unspecified atom stereocenters. The van der Waals surface area contributed by atoms with Gasteiger partial charge in [-0.25, -0.2) is 8.42 Å².